The quantitative estimate of drug-likeness (QED) is 0.553. The Bertz CT molecular complexity index is 1160. The van der Waals surface area contributed by atoms with E-state index >= 15 is 0 Å². The molecule has 0 saturated heterocycles. The molecule has 3 aromatic rings. The van der Waals surface area contributed by atoms with Crippen molar-refractivity contribution in [1.29, 1.82) is 0 Å². The lowest BCUT2D eigenvalue weighted by molar-refractivity contribution is 0.490. The molecule has 5 nitrogen and oxygen atoms in total. The number of hydrogen-bond donors (Lipinski definition) is 1. The highest BCUT2D eigenvalue weighted by Crippen LogP contribution is 2.35. The Morgan fingerprint density at radius 1 is 1.00 bits per heavy atom. The van der Waals surface area contributed by atoms with Crippen LogP contribution < -0.4 is 0 Å². The van der Waals surface area contributed by atoms with Crippen molar-refractivity contribution in [1.82, 2.24) is 4.57 Å². The molecular formula is C20H18Cl2N2O3S. The smallest absolute Gasteiger partial charge is 0.261 e. The summed E-state index contributed by atoms with van der Waals surface area (Å²) < 4.78 is 27.9. The van der Waals surface area contributed by atoms with Crippen LogP contribution in [0.2, 0.25) is 10.0 Å². The number of fused-ring (bicyclic) bond motifs is 3. The lowest BCUT2D eigenvalue weighted by Gasteiger charge is -2.12. The molecule has 0 saturated carbocycles. The highest BCUT2D eigenvalue weighted by atomic mass is 35.5. The van der Waals surface area contributed by atoms with Crippen molar-refractivity contribution in [2.24, 2.45) is 12.0 Å². The van der Waals surface area contributed by atoms with Crippen LogP contribution in [0.25, 0.3) is 11.1 Å². The van der Waals surface area contributed by atoms with Crippen molar-refractivity contribution in [3.05, 3.63) is 81.6 Å². The van der Waals surface area contributed by atoms with Gasteiger partial charge in [0.05, 0.1) is 18.5 Å². The van der Waals surface area contributed by atoms with Crippen LogP contribution in [0, 0.1) is 0 Å². The fourth-order valence-electron chi connectivity index (χ4n) is 3.09. The largest absolute Gasteiger partial charge is 0.356 e. The molecule has 2 aromatic carbocycles. The molecule has 0 atom stereocenters. The molecule has 0 fully saturated rings. The van der Waals surface area contributed by atoms with Gasteiger partial charge in [0.15, 0.2) is 0 Å². The van der Waals surface area contributed by atoms with Gasteiger partial charge in [0.2, 0.25) is 0 Å². The lowest BCUT2D eigenvalue weighted by atomic mass is 9.94. The van der Waals surface area contributed by atoms with Gasteiger partial charge in [-0.3, -0.25) is 9.55 Å². The Kier molecular flexibility index (Phi) is 5.95. The van der Waals surface area contributed by atoms with Crippen LogP contribution >= 0.6 is 23.2 Å². The highest BCUT2D eigenvalue weighted by Gasteiger charge is 2.21. The van der Waals surface area contributed by atoms with Crippen LogP contribution in [0.5, 0.6) is 0 Å². The van der Waals surface area contributed by atoms with Crippen molar-refractivity contribution in [3.8, 4) is 11.1 Å². The molecule has 1 aromatic heterocycles. The number of nitrogens with zero attached hydrogens (tertiary/aromatic N) is 2. The molecule has 4 rings (SSSR count). The van der Waals surface area contributed by atoms with Crippen molar-refractivity contribution < 1.29 is 13.0 Å². The van der Waals surface area contributed by atoms with E-state index in [4.69, 9.17) is 32.7 Å². The zero-order valence-electron chi connectivity index (χ0n) is 15.2. The average molecular weight is 437 g/mol. The average Bonchev–Trinajstić information content (AvgIpc) is 2.89. The maximum absolute atomic E-state index is 9.19. The van der Waals surface area contributed by atoms with Gasteiger partial charge in [-0.25, -0.2) is 0 Å². The van der Waals surface area contributed by atoms with Crippen LogP contribution in [-0.4, -0.2) is 29.5 Å². The molecule has 8 heteroatoms. The van der Waals surface area contributed by atoms with Crippen molar-refractivity contribution >= 4 is 39.0 Å². The first-order chi connectivity index (χ1) is 13.1. The van der Waals surface area contributed by atoms with E-state index in [0.717, 1.165) is 22.4 Å². The number of hydrogen-bond acceptors (Lipinski definition) is 3. The predicted octanol–water partition coefficient (Wildman–Crippen LogP) is 4.85. The Hall–Kier alpha value is -2.12. The zero-order valence-corrected chi connectivity index (χ0v) is 17.6. The van der Waals surface area contributed by atoms with E-state index in [1.54, 1.807) is 0 Å². The van der Waals surface area contributed by atoms with Gasteiger partial charge in [0.25, 0.3) is 10.1 Å². The molecule has 0 spiro atoms. The lowest BCUT2D eigenvalue weighted by Crippen LogP contribution is -2.05. The third-order valence-electron chi connectivity index (χ3n) is 4.10. The summed E-state index contributed by atoms with van der Waals surface area (Å²) in [4.78, 5) is 4.85. The van der Waals surface area contributed by atoms with Gasteiger partial charge >= 0.3 is 0 Å². The van der Waals surface area contributed by atoms with Crippen LogP contribution in [0.15, 0.2) is 59.9 Å². The van der Waals surface area contributed by atoms with Gasteiger partial charge in [-0.05, 0) is 29.3 Å². The van der Waals surface area contributed by atoms with E-state index in [1.165, 1.54) is 11.1 Å². The Morgan fingerprint density at radius 2 is 1.68 bits per heavy atom. The molecule has 0 aliphatic carbocycles. The van der Waals surface area contributed by atoms with Gasteiger partial charge in [-0.2, -0.15) is 8.42 Å². The van der Waals surface area contributed by atoms with Crippen molar-refractivity contribution in [2.75, 3.05) is 6.26 Å². The third-order valence-corrected chi connectivity index (χ3v) is 4.67. The van der Waals surface area contributed by atoms with Crippen molar-refractivity contribution in [3.63, 3.8) is 0 Å². The molecule has 0 unspecified atom stereocenters. The second-order valence-corrected chi connectivity index (χ2v) is 8.74. The predicted molar refractivity (Wildman–Crippen MR) is 114 cm³/mol. The number of aryl methyl sites for hydroxylation is 1. The highest BCUT2D eigenvalue weighted by molar-refractivity contribution is 7.85. The molecule has 1 aliphatic heterocycles. The summed E-state index contributed by atoms with van der Waals surface area (Å²) in [7, 11) is -1.64. The maximum atomic E-state index is 9.19. The summed E-state index contributed by atoms with van der Waals surface area (Å²) >= 11 is 12.7. The Morgan fingerprint density at radius 3 is 2.36 bits per heavy atom. The maximum Gasteiger partial charge on any atom is 0.261 e. The van der Waals surface area contributed by atoms with Crippen LogP contribution in [0.1, 0.15) is 16.7 Å². The standard InChI is InChI=1S/C19H14Cl2N2.CH4O3S/c1-23-10-12-9-22-19(15-4-2-3-5-18(15)21)16-8-13(20)6-7-14(16)17(12)11-23;1-5(2,3)4/h2-8,10-11H,9H2,1H3;1H3,(H,2,3,4). The van der Waals surface area contributed by atoms with E-state index in [2.05, 4.69) is 23.0 Å². The SMILES string of the molecule is CS(=O)(=O)O.Cn1cc2c(c1)-c1ccc(Cl)cc1C(c1ccccc1Cl)=NC2. The van der Waals surface area contributed by atoms with Gasteiger partial charge in [-0.1, -0.05) is 47.5 Å². The molecule has 28 heavy (non-hydrogen) atoms. The first kappa shape index (κ1) is 20.6. The fraction of sp³-hybridized carbons (Fsp3) is 0.150. The molecular weight excluding hydrogens is 419 g/mol. The molecule has 1 N–H and O–H groups in total. The fourth-order valence-corrected chi connectivity index (χ4v) is 3.49. The number of aromatic nitrogens is 1. The number of halogens is 2. The second kappa shape index (κ2) is 8.09. The minimum absolute atomic E-state index is 0.628. The summed E-state index contributed by atoms with van der Waals surface area (Å²) in [6, 6.07) is 13.8. The minimum Gasteiger partial charge on any atom is -0.356 e. The third kappa shape index (κ3) is 4.83. The first-order valence-corrected chi connectivity index (χ1v) is 10.9. The van der Waals surface area contributed by atoms with Gasteiger partial charge in [0, 0.05) is 46.2 Å². The molecule has 146 valence electrons. The molecule has 2 heterocycles. The van der Waals surface area contributed by atoms with E-state index in [-0.39, 0.29) is 0 Å². The summed E-state index contributed by atoms with van der Waals surface area (Å²) in [5.74, 6) is 0. The molecule has 0 radical (unpaired) electrons. The molecule has 1 aliphatic rings. The van der Waals surface area contributed by atoms with Gasteiger partial charge in [-0.15, -0.1) is 0 Å². The number of benzene rings is 2. The number of aliphatic imine (C=N–C) groups is 1. The zero-order chi connectivity index (χ0) is 20.5. The van der Waals surface area contributed by atoms with E-state index in [9.17, 15) is 8.42 Å². The van der Waals surface area contributed by atoms with Crippen LogP contribution in [0.4, 0.5) is 0 Å². The second-order valence-electron chi connectivity index (χ2n) is 6.43. The Balaban J connectivity index is 0.000000403. The normalized spacial score (nSPS) is 12.8. The Labute approximate surface area is 174 Å². The van der Waals surface area contributed by atoms with Gasteiger partial charge < -0.3 is 4.57 Å². The first-order valence-electron chi connectivity index (χ1n) is 8.30. The molecule has 0 bridgehead atoms. The van der Waals surface area contributed by atoms with E-state index < -0.39 is 10.1 Å². The topological polar surface area (TPSA) is 71.7 Å². The monoisotopic (exact) mass is 436 g/mol. The van der Waals surface area contributed by atoms with Crippen LogP contribution in [-0.2, 0) is 23.7 Å². The summed E-state index contributed by atoms with van der Waals surface area (Å²) in [6.07, 6.45) is 4.97. The summed E-state index contributed by atoms with van der Waals surface area (Å²) in [6.45, 7) is 0.628. The minimum atomic E-state index is -3.67. The number of rotatable bonds is 1. The van der Waals surface area contributed by atoms with E-state index in [0.29, 0.717) is 22.8 Å². The van der Waals surface area contributed by atoms with Crippen molar-refractivity contribution in [2.45, 2.75) is 6.54 Å². The van der Waals surface area contributed by atoms with Crippen LogP contribution in [0.3, 0.4) is 0 Å². The van der Waals surface area contributed by atoms with Gasteiger partial charge in [0.1, 0.15) is 0 Å². The molecule has 0 amide bonds. The summed E-state index contributed by atoms with van der Waals surface area (Å²) in [5, 5.41) is 1.40. The summed E-state index contributed by atoms with van der Waals surface area (Å²) in [5.41, 5.74) is 6.40. The van der Waals surface area contributed by atoms with E-state index in [1.807, 2.05) is 43.4 Å².